The topological polar surface area (TPSA) is 40.5 Å². The van der Waals surface area contributed by atoms with Gasteiger partial charge in [0.15, 0.2) is 11.5 Å². The average Bonchev–Trinajstić information content (AvgIpc) is 2.12. The van der Waals surface area contributed by atoms with Crippen LogP contribution in [-0.4, -0.2) is 16.1 Å². The summed E-state index contributed by atoms with van der Waals surface area (Å²) in [7, 11) is 0. The molecule has 0 radical (unpaired) electrons. The normalized spacial score (nSPS) is 10.8. The fourth-order valence-corrected chi connectivity index (χ4v) is 1.05. The Hall–Kier alpha value is -1.15. The Morgan fingerprint density at radius 3 is 2.62 bits per heavy atom. The van der Waals surface area contributed by atoms with Gasteiger partial charge in [0.1, 0.15) is 0 Å². The number of hydrogen-bond donors (Lipinski definition) is 2. The van der Waals surface area contributed by atoms with Crippen LogP contribution in [0, 0.1) is 0 Å². The Balaban J connectivity index is 2.73. The molecule has 0 atom stereocenters. The van der Waals surface area contributed by atoms with Crippen molar-refractivity contribution in [2.45, 2.75) is 6.42 Å². The molecule has 1 aromatic carbocycles. The van der Waals surface area contributed by atoms with Crippen molar-refractivity contribution in [3.8, 4) is 11.5 Å². The summed E-state index contributed by atoms with van der Waals surface area (Å²) in [5, 5.41) is 18.2. The molecule has 0 aliphatic carbocycles. The van der Waals surface area contributed by atoms with Gasteiger partial charge in [0.2, 0.25) is 0 Å². The minimum absolute atomic E-state index is 0.102. The van der Waals surface area contributed by atoms with Crippen molar-refractivity contribution in [2.24, 2.45) is 0 Å². The fraction of sp³-hybridized carbons (Fsp3) is 0.200. The summed E-state index contributed by atoms with van der Waals surface area (Å²) < 4.78 is 0. The third-order valence-corrected chi connectivity index (χ3v) is 1.80. The zero-order valence-electron chi connectivity index (χ0n) is 7.07. The molecule has 3 heteroatoms. The molecule has 0 fully saturated rings. The standard InChI is InChI=1S/C10H11ClO2/c11-6-2-1-3-8-4-5-9(12)10(13)7-8/h1,3-5,7,12-13H,2,6H2. The van der Waals surface area contributed by atoms with Crippen LogP contribution in [0.1, 0.15) is 12.0 Å². The molecule has 0 saturated carbocycles. The molecular weight excluding hydrogens is 188 g/mol. The zero-order valence-corrected chi connectivity index (χ0v) is 7.83. The van der Waals surface area contributed by atoms with Crippen molar-refractivity contribution in [2.75, 3.05) is 5.88 Å². The molecule has 70 valence electrons. The molecule has 0 spiro atoms. The van der Waals surface area contributed by atoms with Gasteiger partial charge in [-0.3, -0.25) is 0 Å². The minimum Gasteiger partial charge on any atom is -0.504 e. The molecule has 0 bridgehead atoms. The molecule has 1 rings (SSSR count). The molecule has 0 aromatic heterocycles. The molecule has 2 N–H and O–H groups in total. The summed E-state index contributed by atoms with van der Waals surface area (Å²) in [6.07, 6.45) is 4.56. The lowest BCUT2D eigenvalue weighted by Crippen LogP contribution is -1.73. The van der Waals surface area contributed by atoms with Crippen LogP contribution in [0.25, 0.3) is 6.08 Å². The minimum atomic E-state index is -0.104. The summed E-state index contributed by atoms with van der Waals surface area (Å²) in [5.41, 5.74) is 0.848. The van der Waals surface area contributed by atoms with Crippen molar-refractivity contribution in [1.82, 2.24) is 0 Å². The molecule has 0 unspecified atom stereocenters. The average molecular weight is 199 g/mol. The Morgan fingerprint density at radius 2 is 2.00 bits per heavy atom. The quantitative estimate of drug-likeness (QED) is 0.579. The van der Waals surface area contributed by atoms with Gasteiger partial charge in [-0.2, -0.15) is 0 Å². The van der Waals surface area contributed by atoms with Crippen molar-refractivity contribution in [3.05, 3.63) is 29.8 Å². The first kappa shape index (κ1) is 9.93. The largest absolute Gasteiger partial charge is 0.504 e. The lowest BCUT2D eigenvalue weighted by Gasteiger charge is -1.97. The molecule has 2 nitrogen and oxygen atoms in total. The zero-order chi connectivity index (χ0) is 9.68. The fourth-order valence-electron chi connectivity index (χ4n) is 0.927. The Labute approximate surface area is 82.1 Å². The van der Waals surface area contributed by atoms with E-state index >= 15 is 0 Å². The summed E-state index contributed by atoms with van der Waals surface area (Å²) in [6, 6.07) is 4.68. The van der Waals surface area contributed by atoms with Crippen molar-refractivity contribution in [3.63, 3.8) is 0 Å². The highest BCUT2D eigenvalue weighted by atomic mass is 35.5. The highest BCUT2D eigenvalue weighted by molar-refractivity contribution is 6.17. The molecular formula is C10H11ClO2. The van der Waals surface area contributed by atoms with Crippen molar-refractivity contribution < 1.29 is 10.2 Å². The van der Waals surface area contributed by atoms with Gasteiger partial charge in [-0.15, -0.1) is 11.6 Å². The SMILES string of the molecule is Oc1ccc(C=CCCCl)cc1O. The van der Waals surface area contributed by atoms with Gasteiger partial charge in [-0.05, 0) is 24.1 Å². The van der Waals surface area contributed by atoms with Gasteiger partial charge >= 0.3 is 0 Å². The highest BCUT2D eigenvalue weighted by Crippen LogP contribution is 2.25. The number of hydrogen-bond acceptors (Lipinski definition) is 2. The molecule has 0 saturated heterocycles. The number of phenols is 2. The van der Waals surface area contributed by atoms with Crippen molar-refractivity contribution >= 4 is 17.7 Å². The number of halogens is 1. The molecule has 1 aromatic rings. The first-order valence-corrected chi connectivity index (χ1v) is 4.52. The molecule has 0 heterocycles. The van der Waals surface area contributed by atoms with Crippen LogP contribution in [0.5, 0.6) is 11.5 Å². The van der Waals surface area contributed by atoms with Crippen LogP contribution >= 0.6 is 11.6 Å². The van der Waals surface area contributed by atoms with E-state index in [-0.39, 0.29) is 11.5 Å². The molecule has 0 aliphatic rings. The van der Waals surface area contributed by atoms with Crippen LogP contribution in [0.15, 0.2) is 24.3 Å². The van der Waals surface area contributed by atoms with E-state index in [4.69, 9.17) is 21.8 Å². The van der Waals surface area contributed by atoms with Gasteiger partial charge in [0.05, 0.1) is 0 Å². The maximum absolute atomic E-state index is 9.15. The number of alkyl halides is 1. The van der Waals surface area contributed by atoms with Gasteiger partial charge < -0.3 is 10.2 Å². The first-order valence-electron chi connectivity index (χ1n) is 3.98. The van der Waals surface area contributed by atoms with E-state index in [1.165, 1.54) is 12.1 Å². The van der Waals surface area contributed by atoms with E-state index < -0.39 is 0 Å². The van der Waals surface area contributed by atoms with Crippen LogP contribution in [0.4, 0.5) is 0 Å². The summed E-state index contributed by atoms with van der Waals surface area (Å²) >= 11 is 5.48. The monoisotopic (exact) mass is 198 g/mol. The maximum Gasteiger partial charge on any atom is 0.157 e. The number of phenolic OH excluding ortho intramolecular Hbond substituents is 2. The van der Waals surface area contributed by atoms with Crippen molar-refractivity contribution in [1.29, 1.82) is 0 Å². The molecule has 0 amide bonds. The molecule has 13 heavy (non-hydrogen) atoms. The Bertz CT molecular complexity index is 308. The number of aromatic hydroxyl groups is 2. The lowest BCUT2D eigenvalue weighted by atomic mass is 10.2. The summed E-state index contributed by atoms with van der Waals surface area (Å²) in [5.74, 6) is 0.378. The second-order valence-electron chi connectivity index (χ2n) is 2.63. The van der Waals surface area contributed by atoms with Gasteiger partial charge in [0.25, 0.3) is 0 Å². The number of benzene rings is 1. The predicted octanol–water partition coefficient (Wildman–Crippen LogP) is 2.74. The van der Waals surface area contributed by atoms with E-state index in [1.54, 1.807) is 6.07 Å². The Morgan fingerprint density at radius 1 is 1.23 bits per heavy atom. The third kappa shape index (κ3) is 2.99. The van der Waals surface area contributed by atoms with Crippen LogP contribution in [-0.2, 0) is 0 Å². The van der Waals surface area contributed by atoms with E-state index in [2.05, 4.69) is 0 Å². The smallest absolute Gasteiger partial charge is 0.157 e. The van der Waals surface area contributed by atoms with E-state index in [0.29, 0.717) is 5.88 Å². The Kier molecular flexibility index (Phi) is 3.65. The van der Waals surface area contributed by atoms with Crippen LogP contribution < -0.4 is 0 Å². The first-order chi connectivity index (χ1) is 6.24. The maximum atomic E-state index is 9.15. The van der Waals surface area contributed by atoms with E-state index in [9.17, 15) is 0 Å². The number of allylic oxidation sites excluding steroid dienone is 1. The number of rotatable bonds is 3. The lowest BCUT2D eigenvalue weighted by molar-refractivity contribution is 0.403. The summed E-state index contributed by atoms with van der Waals surface area (Å²) in [4.78, 5) is 0. The highest BCUT2D eigenvalue weighted by Gasteiger charge is 1.96. The van der Waals surface area contributed by atoms with E-state index in [1.807, 2.05) is 12.2 Å². The van der Waals surface area contributed by atoms with Crippen LogP contribution in [0.3, 0.4) is 0 Å². The summed E-state index contributed by atoms with van der Waals surface area (Å²) in [6.45, 7) is 0. The van der Waals surface area contributed by atoms with Crippen LogP contribution in [0.2, 0.25) is 0 Å². The van der Waals surface area contributed by atoms with Gasteiger partial charge in [0, 0.05) is 5.88 Å². The molecule has 0 aliphatic heterocycles. The second-order valence-corrected chi connectivity index (χ2v) is 3.01. The third-order valence-electron chi connectivity index (χ3n) is 1.59. The predicted molar refractivity (Wildman–Crippen MR) is 54.1 cm³/mol. The van der Waals surface area contributed by atoms with Gasteiger partial charge in [-0.1, -0.05) is 18.2 Å². The van der Waals surface area contributed by atoms with Gasteiger partial charge in [-0.25, -0.2) is 0 Å². The second kappa shape index (κ2) is 4.77. The van der Waals surface area contributed by atoms with E-state index in [0.717, 1.165) is 12.0 Å².